The van der Waals surface area contributed by atoms with E-state index in [-0.39, 0.29) is 11.4 Å². The molecule has 0 radical (unpaired) electrons. The van der Waals surface area contributed by atoms with Gasteiger partial charge in [0.25, 0.3) is 5.91 Å². The lowest BCUT2D eigenvalue weighted by atomic mass is 10.0. The molecule has 206 valence electrons. The molecule has 4 N–H and O–H groups in total. The van der Waals surface area contributed by atoms with Crippen molar-refractivity contribution in [3.05, 3.63) is 57.9 Å². The number of carboxylic acid groups (broad SMARTS) is 1. The third kappa shape index (κ3) is 6.37. The minimum atomic E-state index is -1.21. The van der Waals surface area contributed by atoms with Crippen molar-refractivity contribution in [2.75, 3.05) is 18.6 Å². The van der Waals surface area contributed by atoms with Gasteiger partial charge in [-0.25, -0.2) is 9.59 Å². The summed E-state index contributed by atoms with van der Waals surface area (Å²) in [5.74, 6) is -2.20. The summed E-state index contributed by atoms with van der Waals surface area (Å²) in [4.78, 5) is 51.5. The van der Waals surface area contributed by atoms with Crippen molar-refractivity contribution in [2.24, 2.45) is 0 Å². The van der Waals surface area contributed by atoms with Crippen molar-refractivity contribution in [3.63, 3.8) is 0 Å². The third-order valence-electron chi connectivity index (χ3n) is 5.82. The van der Waals surface area contributed by atoms with E-state index in [1.807, 2.05) is 6.92 Å². The number of nitrogens with zero attached hydrogens (tertiary/aromatic N) is 3. The molecule has 1 aromatic carbocycles. The number of ether oxygens (including phenoxy) is 1. The second-order valence-electron chi connectivity index (χ2n) is 8.55. The molecule has 3 atom stereocenters. The van der Waals surface area contributed by atoms with Crippen LogP contribution < -0.4 is 10.6 Å². The lowest BCUT2D eigenvalue weighted by Crippen LogP contribution is -2.71. The number of allylic oxidation sites excluding steroid dienone is 1. The topological polar surface area (TPSA) is 171 Å². The van der Waals surface area contributed by atoms with Gasteiger partial charge in [0.15, 0.2) is 4.34 Å². The molecule has 1 saturated heterocycles. The predicted octanol–water partition coefficient (Wildman–Crippen LogP) is 1.79. The number of aliphatic carboxylic acids is 1. The van der Waals surface area contributed by atoms with E-state index >= 15 is 0 Å². The molecule has 12 nitrogen and oxygen atoms in total. The van der Waals surface area contributed by atoms with Crippen LogP contribution in [0.4, 0.5) is 0 Å². The van der Waals surface area contributed by atoms with Crippen molar-refractivity contribution in [1.82, 2.24) is 25.7 Å². The highest BCUT2D eigenvalue weighted by molar-refractivity contribution is 8.01. The van der Waals surface area contributed by atoms with Crippen molar-refractivity contribution in [2.45, 2.75) is 35.6 Å². The Morgan fingerprint density at radius 2 is 2.00 bits per heavy atom. The minimum absolute atomic E-state index is 0.00589. The fourth-order valence-corrected chi connectivity index (χ4v) is 7.29. The van der Waals surface area contributed by atoms with Crippen molar-refractivity contribution < 1.29 is 34.1 Å². The number of carboxylic acids is 1. The molecule has 3 heterocycles. The van der Waals surface area contributed by atoms with Crippen LogP contribution >= 0.6 is 34.9 Å². The number of benzene rings is 1. The van der Waals surface area contributed by atoms with Crippen LogP contribution in [-0.2, 0) is 23.9 Å². The number of esters is 1. The number of phenols is 1. The highest BCUT2D eigenvalue weighted by Gasteiger charge is 2.54. The molecule has 0 saturated carbocycles. The summed E-state index contributed by atoms with van der Waals surface area (Å²) in [5, 5.41) is 33.5. The number of hydrogen-bond acceptors (Lipinski definition) is 12. The maximum Gasteiger partial charge on any atom is 0.352 e. The summed E-state index contributed by atoms with van der Waals surface area (Å²) in [6.45, 7) is 3.41. The molecule has 1 unspecified atom stereocenters. The van der Waals surface area contributed by atoms with Crippen LogP contribution in [0.2, 0.25) is 0 Å². The average Bonchev–Trinajstić information content (AvgIpc) is 3.33. The first-order valence-corrected chi connectivity index (χ1v) is 14.4. The van der Waals surface area contributed by atoms with Gasteiger partial charge >= 0.3 is 11.9 Å². The van der Waals surface area contributed by atoms with Crippen LogP contribution in [0.5, 0.6) is 5.75 Å². The molecule has 0 spiro atoms. The van der Waals surface area contributed by atoms with E-state index < -0.39 is 41.2 Å². The van der Waals surface area contributed by atoms with Gasteiger partial charge in [0.1, 0.15) is 33.9 Å². The molecular formula is C24H25N5O7S3. The summed E-state index contributed by atoms with van der Waals surface area (Å²) >= 11 is 4.14. The minimum Gasteiger partial charge on any atom is -0.508 e. The number of β-lactam (4-membered cyclic amide) rings is 1. The monoisotopic (exact) mass is 591 g/mol. The molecule has 2 aliphatic heterocycles. The van der Waals surface area contributed by atoms with Gasteiger partial charge < -0.3 is 25.6 Å². The van der Waals surface area contributed by atoms with Crippen molar-refractivity contribution in [3.8, 4) is 5.75 Å². The fourth-order valence-electron chi connectivity index (χ4n) is 3.99. The van der Waals surface area contributed by atoms with Gasteiger partial charge in [-0.2, -0.15) is 0 Å². The van der Waals surface area contributed by atoms with Gasteiger partial charge in [-0.05, 0) is 37.1 Å². The largest absolute Gasteiger partial charge is 0.508 e. The number of carbonyl (C=O) groups is 4. The zero-order valence-corrected chi connectivity index (χ0v) is 23.5. The Labute approximate surface area is 235 Å². The molecule has 2 amide bonds. The first-order chi connectivity index (χ1) is 18.6. The summed E-state index contributed by atoms with van der Waals surface area (Å²) in [7, 11) is 1.23. The molecule has 15 heteroatoms. The Hall–Kier alpha value is -3.56. The lowest BCUT2D eigenvalue weighted by Gasteiger charge is -2.49. The summed E-state index contributed by atoms with van der Waals surface area (Å²) in [5.41, 5.74) is 1.33. The number of fused-ring (bicyclic) bond motifs is 1. The second kappa shape index (κ2) is 12.1. The van der Waals surface area contributed by atoms with Crippen LogP contribution in [0.3, 0.4) is 0 Å². The summed E-state index contributed by atoms with van der Waals surface area (Å²) in [6, 6.07) is 3.95. The highest BCUT2D eigenvalue weighted by Crippen LogP contribution is 2.42. The highest BCUT2D eigenvalue weighted by atomic mass is 32.2. The molecule has 39 heavy (non-hydrogen) atoms. The van der Waals surface area contributed by atoms with E-state index in [1.165, 1.54) is 77.2 Å². The number of rotatable bonds is 10. The van der Waals surface area contributed by atoms with Gasteiger partial charge in [-0.1, -0.05) is 35.2 Å². The van der Waals surface area contributed by atoms with Crippen LogP contribution in [0.15, 0.2) is 51.6 Å². The average molecular weight is 592 g/mol. The molecule has 2 aliphatic rings. The number of nitrogens with one attached hydrogen (secondary N) is 2. The van der Waals surface area contributed by atoms with Crippen molar-refractivity contribution >= 4 is 58.6 Å². The van der Waals surface area contributed by atoms with Crippen molar-refractivity contribution in [1.29, 1.82) is 0 Å². The fraction of sp³-hybridized carbons (Fsp3) is 0.333. The quantitative estimate of drug-likeness (QED) is 0.137. The zero-order valence-electron chi connectivity index (χ0n) is 21.0. The number of carbonyl (C=O) groups excluding carboxylic acids is 3. The molecular weight excluding hydrogens is 566 g/mol. The van der Waals surface area contributed by atoms with E-state index in [9.17, 15) is 29.4 Å². The van der Waals surface area contributed by atoms with Gasteiger partial charge in [0.2, 0.25) is 5.91 Å². The Balaban J connectivity index is 1.50. The number of thioether (sulfide) groups is 2. The van der Waals surface area contributed by atoms with Gasteiger partial charge in [0, 0.05) is 23.3 Å². The van der Waals surface area contributed by atoms with E-state index in [2.05, 4.69) is 25.6 Å². The maximum absolute atomic E-state index is 13.4. The first kappa shape index (κ1) is 28.4. The number of aromatic hydroxyl groups is 1. The summed E-state index contributed by atoms with van der Waals surface area (Å²) in [6.07, 6.45) is 1.18. The second-order valence-corrected chi connectivity index (χ2v) is 12.1. The van der Waals surface area contributed by atoms with Gasteiger partial charge in [-0.3, -0.25) is 14.5 Å². The molecule has 1 aromatic heterocycles. The van der Waals surface area contributed by atoms with E-state index in [1.54, 1.807) is 6.92 Å². The summed E-state index contributed by atoms with van der Waals surface area (Å²) < 4.78 is 5.34. The SMILES string of the molecule is COC(=O)C=C(C)N[C@@H](C(=O)NC1C(=O)N2C(C(=O)O)=C(CSc3nnc(C)s3)CS[C@H]12)c1ccc(O)cc1. The van der Waals surface area contributed by atoms with E-state index in [0.717, 1.165) is 5.01 Å². The van der Waals surface area contributed by atoms with Crippen LogP contribution in [0.25, 0.3) is 0 Å². The Morgan fingerprint density at radius 3 is 2.62 bits per heavy atom. The van der Waals surface area contributed by atoms with Crippen LogP contribution in [0.1, 0.15) is 23.5 Å². The number of amides is 2. The molecule has 1 fully saturated rings. The maximum atomic E-state index is 13.4. The number of methoxy groups -OCH3 is 1. The number of aromatic nitrogens is 2. The molecule has 0 bridgehead atoms. The molecule has 0 aliphatic carbocycles. The number of phenolic OH excluding ortho intramolecular Hbond substituents is 1. The third-order valence-corrected chi connectivity index (χ3v) is 9.22. The lowest BCUT2D eigenvalue weighted by molar-refractivity contribution is -0.151. The predicted molar refractivity (Wildman–Crippen MR) is 145 cm³/mol. The Morgan fingerprint density at radius 1 is 1.28 bits per heavy atom. The number of aryl methyl sites for hydroxylation is 1. The van der Waals surface area contributed by atoms with Crippen LogP contribution in [0, 0.1) is 6.92 Å². The number of hydrogen-bond donors (Lipinski definition) is 4. The van der Waals surface area contributed by atoms with Crippen LogP contribution in [-0.4, -0.2) is 79.1 Å². The molecule has 2 aromatic rings. The van der Waals surface area contributed by atoms with Gasteiger partial charge in [0.05, 0.1) is 7.11 Å². The smallest absolute Gasteiger partial charge is 0.352 e. The standard InChI is InChI=1S/C24H25N5O7S3/c1-11(8-16(31)36-3)25-17(13-4-6-15(30)7-5-13)20(32)26-18-21(33)29-19(23(34)35)14(9-37-22(18)29)10-38-24-28-27-12(2)39-24/h4-8,17-18,22,25,30H,9-10H2,1-3H3,(H,26,32)(H,34,35)/t17-,18?,22-/m1/s1. The van der Waals surface area contributed by atoms with E-state index in [4.69, 9.17) is 0 Å². The molecule has 4 rings (SSSR count). The Kier molecular flexibility index (Phi) is 8.82. The zero-order chi connectivity index (χ0) is 28.3. The van der Waals surface area contributed by atoms with E-state index in [0.29, 0.717) is 32.7 Å². The normalized spacial score (nSPS) is 19.6. The first-order valence-electron chi connectivity index (χ1n) is 11.5. The Bertz CT molecular complexity index is 1360. The van der Waals surface area contributed by atoms with Gasteiger partial charge in [-0.15, -0.1) is 22.0 Å².